The summed E-state index contributed by atoms with van der Waals surface area (Å²) in [6.07, 6.45) is 4.13. The van der Waals surface area contributed by atoms with Crippen LogP contribution in [0.1, 0.15) is 11.1 Å². The van der Waals surface area contributed by atoms with E-state index in [0.717, 1.165) is 19.9 Å². The quantitative estimate of drug-likeness (QED) is 0.661. The number of halogens is 2. The molecular weight excluding hydrogens is 458 g/mol. The lowest BCUT2D eigenvalue weighted by Gasteiger charge is -2.00. The molecule has 0 radical (unpaired) electrons. The van der Waals surface area contributed by atoms with Gasteiger partial charge in [-0.05, 0) is 47.5 Å². The second-order valence-electron chi connectivity index (χ2n) is 4.75. The van der Waals surface area contributed by atoms with Crippen molar-refractivity contribution in [2.75, 3.05) is 0 Å². The number of sulfonamides is 1. The van der Waals surface area contributed by atoms with Crippen LogP contribution in [0, 0.1) is 0 Å². The van der Waals surface area contributed by atoms with E-state index >= 15 is 0 Å². The Hall–Kier alpha value is -1.70. The fourth-order valence-corrected chi connectivity index (χ4v) is 2.98. The molecule has 0 aliphatic heterocycles. The van der Waals surface area contributed by atoms with Crippen molar-refractivity contribution < 1.29 is 13.2 Å². The van der Waals surface area contributed by atoms with Crippen LogP contribution in [-0.4, -0.2) is 14.3 Å². The van der Waals surface area contributed by atoms with E-state index in [-0.39, 0.29) is 0 Å². The van der Waals surface area contributed by atoms with Gasteiger partial charge in [0, 0.05) is 15.0 Å². The van der Waals surface area contributed by atoms with Gasteiger partial charge in [-0.1, -0.05) is 56.1 Å². The molecule has 124 valence electrons. The summed E-state index contributed by atoms with van der Waals surface area (Å²) in [6.45, 7) is 0. The van der Waals surface area contributed by atoms with Gasteiger partial charge < -0.3 is 0 Å². The molecule has 2 aromatic rings. The molecule has 0 spiro atoms. The van der Waals surface area contributed by atoms with Crippen molar-refractivity contribution in [1.29, 1.82) is 0 Å². The second-order valence-corrected chi connectivity index (χ2v) is 8.15. The van der Waals surface area contributed by atoms with Crippen LogP contribution in [0.4, 0.5) is 0 Å². The van der Waals surface area contributed by atoms with Crippen molar-refractivity contribution >= 4 is 59.9 Å². The molecule has 0 heterocycles. The van der Waals surface area contributed by atoms with Gasteiger partial charge in [-0.25, -0.2) is 13.1 Å². The first-order chi connectivity index (χ1) is 11.3. The van der Waals surface area contributed by atoms with E-state index in [1.165, 1.54) is 18.2 Å². The molecule has 1 N–H and O–H groups in total. The number of benzene rings is 2. The molecule has 0 bridgehead atoms. The predicted octanol–water partition coefficient (Wildman–Crippen LogP) is 4.34. The zero-order valence-corrected chi connectivity index (χ0v) is 16.3. The lowest BCUT2D eigenvalue weighted by molar-refractivity contribution is -0.114. The third-order valence-electron chi connectivity index (χ3n) is 2.85. The Kier molecular flexibility index (Phi) is 6.53. The summed E-state index contributed by atoms with van der Waals surface area (Å²) in [4.78, 5) is 11.7. The van der Waals surface area contributed by atoms with Gasteiger partial charge in [-0.15, -0.1) is 0 Å². The van der Waals surface area contributed by atoms with E-state index in [2.05, 4.69) is 31.9 Å². The molecule has 0 atom stereocenters. The van der Waals surface area contributed by atoms with Crippen LogP contribution >= 0.6 is 31.9 Å². The van der Waals surface area contributed by atoms with Crippen LogP contribution in [0.3, 0.4) is 0 Å². The maximum atomic E-state index is 11.9. The van der Waals surface area contributed by atoms with E-state index in [4.69, 9.17) is 0 Å². The van der Waals surface area contributed by atoms with Gasteiger partial charge in [0.1, 0.15) is 0 Å². The van der Waals surface area contributed by atoms with Gasteiger partial charge >= 0.3 is 0 Å². The maximum Gasteiger partial charge on any atom is 0.257 e. The van der Waals surface area contributed by atoms with Gasteiger partial charge in [0.15, 0.2) is 0 Å². The van der Waals surface area contributed by atoms with Crippen molar-refractivity contribution in [2.24, 2.45) is 0 Å². The molecule has 2 rings (SSSR count). The zero-order chi connectivity index (χ0) is 17.6. The highest BCUT2D eigenvalue weighted by molar-refractivity contribution is 9.10. The molecule has 24 heavy (non-hydrogen) atoms. The highest BCUT2D eigenvalue weighted by Crippen LogP contribution is 2.12. The topological polar surface area (TPSA) is 63.2 Å². The minimum absolute atomic E-state index is 0.710. The molecule has 0 fully saturated rings. The Labute approximate surface area is 157 Å². The average Bonchev–Trinajstić information content (AvgIpc) is 2.53. The lowest BCUT2D eigenvalue weighted by atomic mass is 10.2. The van der Waals surface area contributed by atoms with Crippen LogP contribution < -0.4 is 4.72 Å². The summed E-state index contributed by atoms with van der Waals surface area (Å²) in [5.41, 5.74) is 1.50. The number of nitrogens with one attached hydrogen (secondary N) is 1. The Morgan fingerprint density at radius 2 is 1.29 bits per heavy atom. The van der Waals surface area contributed by atoms with Gasteiger partial charge in [-0.3, -0.25) is 4.79 Å². The number of carbonyl (C=O) groups is 1. The minimum atomic E-state index is -3.85. The summed E-state index contributed by atoms with van der Waals surface area (Å²) >= 11 is 6.61. The molecule has 0 saturated heterocycles. The highest BCUT2D eigenvalue weighted by atomic mass is 79.9. The first kappa shape index (κ1) is 18.6. The van der Waals surface area contributed by atoms with Crippen LogP contribution in [0.25, 0.3) is 12.2 Å². The van der Waals surface area contributed by atoms with Crippen LogP contribution in [0.15, 0.2) is 69.0 Å². The summed E-state index contributed by atoms with van der Waals surface area (Å²) in [6, 6.07) is 14.4. The van der Waals surface area contributed by atoms with Crippen molar-refractivity contribution in [1.82, 2.24) is 4.72 Å². The third kappa shape index (κ3) is 6.43. The standard InChI is InChI=1S/C17H13Br2NO3S/c18-15-6-1-13(2-7-15)5-10-17(21)20-24(22,23)12-11-14-3-8-16(19)9-4-14/h1-12H,(H,20,21)/b10-5-,12-11+. The monoisotopic (exact) mass is 469 g/mol. The molecular formula is C17H13Br2NO3S. The van der Waals surface area contributed by atoms with E-state index in [1.54, 1.807) is 36.4 Å². The summed E-state index contributed by atoms with van der Waals surface area (Å²) in [5.74, 6) is -0.710. The third-order valence-corrected chi connectivity index (χ3v) is 4.89. The molecule has 0 aliphatic rings. The normalized spacial score (nSPS) is 11.9. The Balaban J connectivity index is 1.98. The van der Waals surface area contributed by atoms with Crippen molar-refractivity contribution in [3.8, 4) is 0 Å². The van der Waals surface area contributed by atoms with Gasteiger partial charge in [0.25, 0.3) is 15.9 Å². The summed E-state index contributed by atoms with van der Waals surface area (Å²) in [5, 5.41) is 0.960. The van der Waals surface area contributed by atoms with Gasteiger partial charge in [-0.2, -0.15) is 0 Å². The van der Waals surface area contributed by atoms with E-state index < -0.39 is 15.9 Å². The SMILES string of the molecule is O=C(/C=C\c1ccc(Br)cc1)NS(=O)(=O)/C=C/c1ccc(Br)cc1. The Morgan fingerprint density at radius 1 is 0.833 bits per heavy atom. The first-order valence-electron chi connectivity index (χ1n) is 6.78. The van der Waals surface area contributed by atoms with E-state index in [0.29, 0.717) is 5.56 Å². The number of amides is 1. The Morgan fingerprint density at radius 3 is 1.79 bits per heavy atom. The fourth-order valence-electron chi connectivity index (χ4n) is 1.70. The molecule has 0 aromatic heterocycles. The van der Waals surface area contributed by atoms with E-state index in [9.17, 15) is 13.2 Å². The van der Waals surface area contributed by atoms with Crippen molar-refractivity contribution in [3.63, 3.8) is 0 Å². The summed E-state index contributed by atoms with van der Waals surface area (Å²) < 4.78 is 27.5. The summed E-state index contributed by atoms with van der Waals surface area (Å²) in [7, 11) is -3.85. The van der Waals surface area contributed by atoms with Crippen LogP contribution in [-0.2, 0) is 14.8 Å². The first-order valence-corrected chi connectivity index (χ1v) is 9.91. The smallest absolute Gasteiger partial charge is 0.257 e. The van der Waals surface area contributed by atoms with Gasteiger partial charge in [0.05, 0.1) is 5.41 Å². The van der Waals surface area contributed by atoms with Gasteiger partial charge in [0.2, 0.25) is 0 Å². The molecule has 4 nitrogen and oxygen atoms in total. The zero-order valence-electron chi connectivity index (χ0n) is 12.3. The second kappa shape index (κ2) is 8.41. The number of carbonyl (C=O) groups excluding carboxylic acids is 1. The largest absolute Gasteiger partial charge is 0.269 e. The maximum absolute atomic E-state index is 11.9. The van der Waals surface area contributed by atoms with Crippen molar-refractivity contribution in [2.45, 2.75) is 0 Å². The molecule has 7 heteroatoms. The predicted molar refractivity (Wildman–Crippen MR) is 103 cm³/mol. The molecule has 0 saturated carbocycles. The molecule has 0 unspecified atom stereocenters. The molecule has 2 aromatic carbocycles. The van der Waals surface area contributed by atoms with E-state index in [1.807, 2.05) is 16.9 Å². The van der Waals surface area contributed by atoms with Crippen molar-refractivity contribution in [3.05, 3.63) is 80.1 Å². The fraction of sp³-hybridized carbons (Fsp3) is 0. The molecule has 0 aliphatic carbocycles. The van der Waals surface area contributed by atoms with Crippen LogP contribution in [0.5, 0.6) is 0 Å². The lowest BCUT2D eigenvalue weighted by Crippen LogP contribution is -2.26. The minimum Gasteiger partial charge on any atom is -0.269 e. The molecule has 1 amide bonds. The number of rotatable bonds is 5. The average molecular weight is 471 g/mol. The Bertz CT molecular complexity index is 871. The number of hydrogen-bond donors (Lipinski definition) is 1. The highest BCUT2D eigenvalue weighted by Gasteiger charge is 2.08. The van der Waals surface area contributed by atoms with Crippen LogP contribution in [0.2, 0.25) is 0 Å². The number of hydrogen-bond acceptors (Lipinski definition) is 3.